The molecule has 4 rings (SSSR count). The number of rotatable bonds is 5. The van der Waals surface area contributed by atoms with Crippen LogP contribution in [-0.4, -0.2) is 34.8 Å². The predicted octanol–water partition coefficient (Wildman–Crippen LogP) is 3.80. The van der Waals surface area contributed by atoms with Crippen molar-refractivity contribution in [2.75, 3.05) is 13.1 Å². The fraction of sp³-hybridized carbons (Fsp3) is 0.286. The van der Waals surface area contributed by atoms with Crippen molar-refractivity contribution in [3.05, 3.63) is 90.0 Å². The third-order valence-electron chi connectivity index (χ3n) is 5.42. The molecule has 2 aromatic carbocycles. The molecule has 1 aliphatic heterocycles. The summed E-state index contributed by atoms with van der Waals surface area (Å²) in [7, 11) is -3.70. The third kappa shape index (κ3) is 4.09. The summed E-state index contributed by atoms with van der Waals surface area (Å²) >= 11 is 0. The lowest BCUT2D eigenvalue weighted by Crippen LogP contribution is -2.43. The first-order chi connectivity index (χ1) is 13.9. The Bertz CT molecular complexity index is 1010. The molecule has 2 heterocycles. The van der Waals surface area contributed by atoms with Gasteiger partial charge in [-0.25, -0.2) is 17.7 Å². The van der Waals surface area contributed by atoms with Crippen molar-refractivity contribution >= 4 is 10.2 Å². The largest absolute Gasteiger partial charge is 0.308 e. The summed E-state index contributed by atoms with van der Waals surface area (Å²) in [4.78, 5) is 3.84. The van der Waals surface area contributed by atoms with Crippen molar-refractivity contribution in [1.82, 2.24) is 13.3 Å². The molecule has 29 heavy (non-hydrogen) atoms. The Hall–Kier alpha value is -2.58. The SMILES string of the molecule is O=S(=O)(N1CCCC(C(c2ccc(F)cc2)c2ccc(F)cc2)C1)n1ccnc1. The Morgan fingerprint density at radius 1 is 0.966 bits per heavy atom. The number of hydrogen-bond donors (Lipinski definition) is 0. The van der Waals surface area contributed by atoms with Crippen LogP contribution in [0, 0.1) is 17.6 Å². The van der Waals surface area contributed by atoms with E-state index in [0.717, 1.165) is 21.5 Å². The molecular formula is C21H21F2N3O2S. The van der Waals surface area contributed by atoms with Crippen LogP contribution in [0.3, 0.4) is 0 Å². The molecule has 5 nitrogen and oxygen atoms in total. The summed E-state index contributed by atoms with van der Waals surface area (Å²) in [6.45, 7) is 0.747. The second-order valence-electron chi connectivity index (χ2n) is 7.24. The van der Waals surface area contributed by atoms with Crippen LogP contribution in [-0.2, 0) is 10.2 Å². The molecule has 0 aliphatic carbocycles. The van der Waals surface area contributed by atoms with Crippen molar-refractivity contribution in [1.29, 1.82) is 0 Å². The molecule has 8 heteroatoms. The molecule has 0 radical (unpaired) electrons. The standard InChI is InChI=1S/C21H21F2N3O2S/c22-19-7-3-16(4-8-19)21(17-5-9-20(23)10-6-17)18-2-1-12-25(14-18)29(27,28)26-13-11-24-15-26/h3-11,13,15,18,21H,1-2,12,14H2. The first kappa shape index (κ1) is 19.7. The Morgan fingerprint density at radius 3 is 2.07 bits per heavy atom. The average molecular weight is 417 g/mol. The van der Waals surface area contributed by atoms with E-state index in [-0.39, 0.29) is 23.5 Å². The van der Waals surface area contributed by atoms with Gasteiger partial charge in [-0.1, -0.05) is 24.3 Å². The van der Waals surface area contributed by atoms with E-state index >= 15 is 0 Å². The minimum Gasteiger partial charge on any atom is -0.244 e. The highest BCUT2D eigenvalue weighted by molar-refractivity contribution is 7.87. The fourth-order valence-corrected chi connectivity index (χ4v) is 5.44. The monoisotopic (exact) mass is 417 g/mol. The zero-order valence-electron chi connectivity index (χ0n) is 15.7. The number of aromatic nitrogens is 2. The van der Waals surface area contributed by atoms with Gasteiger partial charge in [-0.2, -0.15) is 12.7 Å². The van der Waals surface area contributed by atoms with Gasteiger partial charge in [0, 0.05) is 31.4 Å². The lowest BCUT2D eigenvalue weighted by molar-refractivity contribution is 0.247. The van der Waals surface area contributed by atoms with Crippen LogP contribution in [0.5, 0.6) is 0 Å². The number of piperidine rings is 1. The average Bonchev–Trinajstić information content (AvgIpc) is 3.27. The Kier molecular flexibility index (Phi) is 5.47. The van der Waals surface area contributed by atoms with Gasteiger partial charge < -0.3 is 0 Å². The van der Waals surface area contributed by atoms with E-state index in [1.165, 1.54) is 47.3 Å². The van der Waals surface area contributed by atoms with E-state index in [9.17, 15) is 17.2 Å². The molecule has 0 bridgehead atoms. The smallest absolute Gasteiger partial charge is 0.244 e. The maximum absolute atomic E-state index is 13.5. The number of imidazole rings is 1. The third-order valence-corrected chi connectivity index (χ3v) is 7.16. The molecule has 1 saturated heterocycles. The Balaban J connectivity index is 1.68. The lowest BCUT2D eigenvalue weighted by Gasteiger charge is -2.36. The highest BCUT2D eigenvalue weighted by Crippen LogP contribution is 2.38. The fourth-order valence-electron chi connectivity index (χ4n) is 4.05. The molecule has 0 saturated carbocycles. The number of benzene rings is 2. The van der Waals surface area contributed by atoms with Crippen LogP contribution in [0.2, 0.25) is 0 Å². The van der Waals surface area contributed by atoms with Crippen LogP contribution in [0.15, 0.2) is 67.3 Å². The summed E-state index contributed by atoms with van der Waals surface area (Å²) in [5.41, 5.74) is 1.76. The molecule has 1 unspecified atom stereocenters. The minimum atomic E-state index is -3.70. The molecule has 0 amide bonds. The van der Waals surface area contributed by atoms with E-state index < -0.39 is 10.2 Å². The lowest BCUT2D eigenvalue weighted by atomic mass is 9.77. The van der Waals surface area contributed by atoms with Gasteiger partial charge in [0.05, 0.1) is 0 Å². The van der Waals surface area contributed by atoms with Crippen LogP contribution in [0.1, 0.15) is 29.9 Å². The summed E-state index contributed by atoms with van der Waals surface area (Å²) in [5, 5.41) is 0. The van der Waals surface area contributed by atoms with E-state index in [4.69, 9.17) is 0 Å². The van der Waals surface area contributed by atoms with E-state index in [1.54, 1.807) is 24.3 Å². The zero-order valence-corrected chi connectivity index (χ0v) is 16.5. The maximum atomic E-state index is 13.5. The topological polar surface area (TPSA) is 55.2 Å². The van der Waals surface area contributed by atoms with Crippen LogP contribution < -0.4 is 0 Å². The second kappa shape index (κ2) is 8.04. The summed E-state index contributed by atoms with van der Waals surface area (Å²) in [6, 6.07) is 12.4. The number of hydrogen-bond acceptors (Lipinski definition) is 3. The molecular weight excluding hydrogens is 396 g/mol. The molecule has 1 aromatic heterocycles. The van der Waals surface area contributed by atoms with Crippen molar-refractivity contribution in [2.24, 2.45) is 5.92 Å². The van der Waals surface area contributed by atoms with Gasteiger partial charge in [0.15, 0.2) is 0 Å². The first-order valence-corrected chi connectivity index (χ1v) is 10.8. The van der Waals surface area contributed by atoms with Crippen molar-refractivity contribution in [2.45, 2.75) is 18.8 Å². The van der Waals surface area contributed by atoms with Crippen molar-refractivity contribution < 1.29 is 17.2 Å². The second-order valence-corrected chi connectivity index (χ2v) is 9.08. The summed E-state index contributed by atoms with van der Waals surface area (Å²) in [6.07, 6.45) is 5.64. The van der Waals surface area contributed by atoms with Gasteiger partial charge in [0.1, 0.15) is 18.0 Å². The molecule has 0 spiro atoms. The van der Waals surface area contributed by atoms with Crippen LogP contribution >= 0.6 is 0 Å². The van der Waals surface area contributed by atoms with Crippen LogP contribution in [0.25, 0.3) is 0 Å². The zero-order chi connectivity index (χ0) is 20.4. The summed E-state index contributed by atoms with van der Waals surface area (Å²) < 4.78 is 55.4. The summed E-state index contributed by atoms with van der Waals surface area (Å²) in [5.74, 6) is -0.867. The van der Waals surface area contributed by atoms with Crippen molar-refractivity contribution in [3.63, 3.8) is 0 Å². The maximum Gasteiger partial charge on any atom is 0.308 e. The van der Waals surface area contributed by atoms with Gasteiger partial charge in [0.25, 0.3) is 0 Å². The van der Waals surface area contributed by atoms with Gasteiger partial charge in [-0.3, -0.25) is 0 Å². The molecule has 1 aliphatic rings. The van der Waals surface area contributed by atoms with Gasteiger partial charge in [-0.15, -0.1) is 0 Å². The van der Waals surface area contributed by atoms with Crippen molar-refractivity contribution in [3.8, 4) is 0 Å². The molecule has 3 aromatic rings. The predicted molar refractivity (Wildman–Crippen MR) is 105 cm³/mol. The molecule has 152 valence electrons. The quantitative estimate of drug-likeness (QED) is 0.635. The van der Waals surface area contributed by atoms with Crippen LogP contribution in [0.4, 0.5) is 8.78 Å². The van der Waals surface area contributed by atoms with Gasteiger partial charge in [-0.05, 0) is 54.2 Å². The van der Waals surface area contributed by atoms with Gasteiger partial charge in [0.2, 0.25) is 0 Å². The van der Waals surface area contributed by atoms with E-state index in [2.05, 4.69) is 4.98 Å². The molecule has 1 atom stereocenters. The van der Waals surface area contributed by atoms with Gasteiger partial charge >= 0.3 is 10.2 Å². The minimum absolute atomic E-state index is 0.0297. The Morgan fingerprint density at radius 2 is 1.55 bits per heavy atom. The number of halogens is 2. The normalized spacial score (nSPS) is 18.2. The molecule has 0 N–H and O–H groups in total. The highest BCUT2D eigenvalue weighted by atomic mass is 32.2. The van der Waals surface area contributed by atoms with E-state index in [1.807, 2.05) is 0 Å². The first-order valence-electron chi connectivity index (χ1n) is 9.44. The Labute approximate surface area is 168 Å². The molecule has 1 fully saturated rings. The highest BCUT2D eigenvalue weighted by Gasteiger charge is 2.35. The van der Waals surface area contributed by atoms with E-state index in [0.29, 0.717) is 19.5 Å². The number of nitrogens with zero attached hydrogens (tertiary/aromatic N) is 3.